The fraction of sp³-hybridized carbons (Fsp3) is 0.182. The first kappa shape index (κ1) is 8.81. The van der Waals surface area contributed by atoms with E-state index in [-0.39, 0.29) is 0 Å². The second kappa shape index (κ2) is 3.96. The number of aromatic nitrogens is 2. The molecule has 0 saturated heterocycles. The van der Waals surface area contributed by atoms with Crippen molar-refractivity contribution in [2.45, 2.75) is 6.42 Å². The first-order valence-corrected chi connectivity index (χ1v) is 4.49. The summed E-state index contributed by atoms with van der Waals surface area (Å²) in [6, 6.07) is 8.02. The first-order valence-electron chi connectivity index (χ1n) is 4.49. The van der Waals surface area contributed by atoms with Gasteiger partial charge in [0.25, 0.3) is 0 Å². The van der Waals surface area contributed by atoms with E-state index in [0.717, 1.165) is 17.9 Å². The molecule has 2 aromatic rings. The Balaban J connectivity index is 2.10. The summed E-state index contributed by atoms with van der Waals surface area (Å²) in [7, 11) is 1.67. The molecular weight excluding hydrogens is 176 g/mol. The minimum absolute atomic E-state index is 0.855. The summed E-state index contributed by atoms with van der Waals surface area (Å²) >= 11 is 0. The quantitative estimate of drug-likeness (QED) is 0.800. The number of ether oxygens (including phenoxy) is 1. The van der Waals surface area contributed by atoms with Gasteiger partial charge >= 0.3 is 0 Å². The predicted molar refractivity (Wildman–Crippen MR) is 54.4 cm³/mol. The maximum atomic E-state index is 5.08. The molecule has 3 heteroatoms. The monoisotopic (exact) mass is 188 g/mol. The molecule has 72 valence electrons. The molecule has 0 saturated carbocycles. The number of methoxy groups -OCH3 is 1. The third kappa shape index (κ3) is 1.93. The minimum Gasteiger partial charge on any atom is -0.497 e. The van der Waals surface area contributed by atoms with Gasteiger partial charge in [-0.05, 0) is 17.7 Å². The SMILES string of the molecule is COc1ccc(Cc2c[nH]cn2)cc1. The van der Waals surface area contributed by atoms with Crippen LogP contribution in [0.3, 0.4) is 0 Å². The molecule has 0 fully saturated rings. The average Bonchev–Trinajstić information content (AvgIpc) is 2.72. The minimum atomic E-state index is 0.855. The van der Waals surface area contributed by atoms with E-state index in [2.05, 4.69) is 9.97 Å². The Bertz CT molecular complexity index is 378. The van der Waals surface area contributed by atoms with Gasteiger partial charge in [0.15, 0.2) is 0 Å². The molecule has 1 N–H and O–H groups in total. The zero-order valence-corrected chi connectivity index (χ0v) is 8.03. The van der Waals surface area contributed by atoms with E-state index < -0.39 is 0 Å². The highest BCUT2D eigenvalue weighted by Crippen LogP contribution is 2.13. The summed E-state index contributed by atoms with van der Waals surface area (Å²) in [5, 5.41) is 0. The number of imidazole rings is 1. The summed E-state index contributed by atoms with van der Waals surface area (Å²) < 4.78 is 5.08. The summed E-state index contributed by atoms with van der Waals surface area (Å²) in [6.07, 6.45) is 4.45. The van der Waals surface area contributed by atoms with Crippen molar-refractivity contribution in [3.05, 3.63) is 48.0 Å². The number of hydrogen-bond acceptors (Lipinski definition) is 2. The number of aromatic amines is 1. The molecule has 1 aromatic heterocycles. The van der Waals surface area contributed by atoms with Gasteiger partial charge in [-0.15, -0.1) is 0 Å². The molecule has 14 heavy (non-hydrogen) atoms. The van der Waals surface area contributed by atoms with E-state index in [9.17, 15) is 0 Å². The summed E-state index contributed by atoms with van der Waals surface area (Å²) in [5.41, 5.74) is 2.29. The fourth-order valence-electron chi connectivity index (χ4n) is 1.34. The van der Waals surface area contributed by atoms with Crippen LogP contribution < -0.4 is 4.74 Å². The van der Waals surface area contributed by atoms with Gasteiger partial charge in [0.2, 0.25) is 0 Å². The highest BCUT2D eigenvalue weighted by atomic mass is 16.5. The number of rotatable bonds is 3. The normalized spacial score (nSPS) is 10.1. The van der Waals surface area contributed by atoms with Crippen molar-refractivity contribution in [1.29, 1.82) is 0 Å². The van der Waals surface area contributed by atoms with Crippen LogP contribution in [0.2, 0.25) is 0 Å². The van der Waals surface area contributed by atoms with Crippen molar-refractivity contribution in [2.75, 3.05) is 7.11 Å². The van der Waals surface area contributed by atoms with Crippen molar-refractivity contribution in [2.24, 2.45) is 0 Å². The lowest BCUT2D eigenvalue weighted by Gasteiger charge is -2.01. The highest BCUT2D eigenvalue weighted by Gasteiger charge is 1.97. The topological polar surface area (TPSA) is 37.9 Å². The molecule has 0 bridgehead atoms. The average molecular weight is 188 g/mol. The lowest BCUT2D eigenvalue weighted by Crippen LogP contribution is -1.88. The standard InChI is InChI=1S/C11H12N2O/c1-14-11-4-2-9(3-5-11)6-10-7-12-8-13-10/h2-5,7-8H,6H2,1H3,(H,12,13). The van der Waals surface area contributed by atoms with E-state index >= 15 is 0 Å². The van der Waals surface area contributed by atoms with E-state index in [1.807, 2.05) is 30.5 Å². The zero-order valence-electron chi connectivity index (χ0n) is 8.03. The lowest BCUT2D eigenvalue weighted by molar-refractivity contribution is 0.414. The molecule has 0 atom stereocenters. The van der Waals surface area contributed by atoms with Crippen molar-refractivity contribution >= 4 is 0 Å². The Labute approximate surface area is 82.8 Å². The molecule has 0 unspecified atom stereocenters. The van der Waals surface area contributed by atoms with Crippen LogP contribution in [0, 0.1) is 0 Å². The number of benzene rings is 1. The Hall–Kier alpha value is -1.77. The maximum Gasteiger partial charge on any atom is 0.118 e. The van der Waals surface area contributed by atoms with E-state index in [4.69, 9.17) is 4.74 Å². The third-order valence-electron chi connectivity index (χ3n) is 2.10. The largest absolute Gasteiger partial charge is 0.497 e. The van der Waals surface area contributed by atoms with Crippen LogP contribution in [0.25, 0.3) is 0 Å². The second-order valence-corrected chi connectivity index (χ2v) is 3.09. The fourth-order valence-corrected chi connectivity index (χ4v) is 1.34. The van der Waals surface area contributed by atoms with Gasteiger partial charge in [-0.2, -0.15) is 0 Å². The van der Waals surface area contributed by atoms with E-state index in [0.29, 0.717) is 0 Å². The van der Waals surface area contributed by atoms with Crippen LogP contribution in [-0.2, 0) is 6.42 Å². The Morgan fingerprint density at radius 1 is 1.29 bits per heavy atom. The van der Waals surface area contributed by atoms with Gasteiger partial charge in [0.05, 0.1) is 19.1 Å². The smallest absolute Gasteiger partial charge is 0.118 e. The molecule has 3 nitrogen and oxygen atoms in total. The van der Waals surface area contributed by atoms with Gasteiger partial charge in [0, 0.05) is 12.6 Å². The number of hydrogen-bond donors (Lipinski definition) is 1. The zero-order chi connectivity index (χ0) is 9.80. The lowest BCUT2D eigenvalue weighted by atomic mass is 10.1. The van der Waals surface area contributed by atoms with E-state index in [1.165, 1.54) is 5.56 Å². The molecular formula is C11H12N2O. The number of H-pyrrole nitrogens is 1. The summed E-state index contributed by atoms with van der Waals surface area (Å²) in [6.45, 7) is 0. The van der Waals surface area contributed by atoms with Crippen LogP contribution in [0.1, 0.15) is 11.3 Å². The van der Waals surface area contributed by atoms with Gasteiger partial charge in [0.1, 0.15) is 5.75 Å². The Morgan fingerprint density at radius 2 is 2.07 bits per heavy atom. The van der Waals surface area contributed by atoms with Crippen LogP contribution in [0.5, 0.6) is 5.75 Å². The van der Waals surface area contributed by atoms with E-state index in [1.54, 1.807) is 13.4 Å². The molecule has 2 rings (SSSR count). The maximum absolute atomic E-state index is 5.08. The third-order valence-corrected chi connectivity index (χ3v) is 2.10. The summed E-state index contributed by atoms with van der Waals surface area (Å²) in [4.78, 5) is 7.10. The van der Waals surface area contributed by atoms with Gasteiger partial charge in [-0.1, -0.05) is 12.1 Å². The van der Waals surface area contributed by atoms with Gasteiger partial charge in [-0.25, -0.2) is 4.98 Å². The van der Waals surface area contributed by atoms with Crippen LogP contribution in [0.4, 0.5) is 0 Å². The molecule has 1 aromatic carbocycles. The predicted octanol–water partition coefficient (Wildman–Crippen LogP) is 2.01. The van der Waals surface area contributed by atoms with Gasteiger partial charge < -0.3 is 9.72 Å². The van der Waals surface area contributed by atoms with Gasteiger partial charge in [-0.3, -0.25) is 0 Å². The second-order valence-electron chi connectivity index (χ2n) is 3.09. The van der Waals surface area contributed by atoms with Crippen LogP contribution >= 0.6 is 0 Å². The van der Waals surface area contributed by atoms with Crippen molar-refractivity contribution in [1.82, 2.24) is 9.97 Å². The molecule has 0 aliphatic carbocycles. The molecule has 0 aliphatic rings. The van der Waals surface area contributed by atoms with Crippen LogP contribution in [-0.4, -0.2) is 17.1 Å². The van der Waals surface area contributed by atoms with Crippen LogP contribution in [0.15, 0.2) is 36.8 Å². The molecule has 1 heterocycles. The highest BCUT2D eigenvalue weighted by molar-refractivity contribution is 5.29. The Kier molecular flexibility index (Phi) is 2.49. The molecule has 0 radical (unpaired) electrons. The van der Waals surface area contributed by atoms with Crippen molar-refractivity contribution < 1.29 is 4.74 Å². The van der Waals surface area contributed by atoms with Crippen molar-refractivity contribution in [3.8, 4) is 5.75 Å². The molecule has 0 spiro atoms. The number of nitrogens with zero attached hydrogens (tertiary/aromatic N) is 1. The summed E-state index contributed by atoms with van der Waals surface area (Å²) in [5.74, 6) is 0.885. The molecule has 0 aliphatic heterocycles. The number of nitrogens with one attached hydrogen (secondary N) is 1. The molecule has 0 amide bonds. The first-order chi connectivity index (χ1) is 6.88. The van der Waals surface area contributed by atoms with Crippen molar-refractivity contribution in [3.63, 3.8) is 0 Å². The Morgan fingerprint density at radius 3 is 2.64 bits per heavy atom.